The highest BCUT2D eigenvalue weighted by Crippen LogP contribution is 2.27. The zero-order valence-corrected chi connectivity index (χ0v) is 11.3. The zero-order chi connectivity index (χ0) is 12.4. The first-order valence-electron chi connectivity index (χ1n) is 6.40. The molecular formula is C13H16N4S. The second kappa shape index (κ2) is 5.02. The summed E-state index contributed by atoms with van der Waals surface area (Å²) in [5.41, 5.74) is 2.37. The van der Waals surface area contributed by atoms with Crippen LogP contribution in [0.25, 0.3) is 5.00 Å². The third-order valence-corrected chi connectivity index (χ3v) is 4.16. The monoisotopic (exact) mass is 260 g/mol. The second-order valence-corrected chi connectivity index (χ2v) is 5.39. The Morgan fingerprint density at radius 2 is 2.33 bits per heavy atom. The summed E-state index contributed by atoms with van der Waals surface area (Å²) in [4.78, 5) is 4.72. The Hall–Kier alpha value is -1.49. The lowest BCUT2D eigenvalue weighted by Gasteiger charge is -2.04. The summed E-state index contributed by atoms with van der Waals surface area (Å²) in [5.74, 6) is 0.923. The van der Waals surface area contributed by atoms with Gasteiger partial charge >= 0.3 is 0 Å². The normalized spacial score (nSPS) is 13.7. The van der Waals surface area contributed by atoms with Gasteiger partial charge in [0.05, 0.1) is 12.3 Å². The molecule has 0 aromatic carbocycles. The van der Waals surface area contributed by atoms with Crippen molar-refractivity contribution in [2.24, 2.45) is 4.99 Å². The van der Waals surface area contributed by atoms with E-state index in [1.54, 1.807) is 17.7 Å². The number of fused-ring (bicyclic) bond motifs is 3. The summed E-state index contributed by atoms with van der Waals surface area (Å²) in [6.07, 6.45) is 6.45. The third kappa shape index (κ3) is 1.99. The maximum atomic E-state index is 4.72. The average Bonchev–Trinajstić information content (AvgIpc) is 3.00. The number of unbranched alkanes of at least 4 members (excludes halogenated alkanes) is 2. The molecule has 4 nitrogen and oxygen atoms in total. The second-order valence-electron chi connectivity index (χ2n) is 4.50. The van der Waals surface area contributed by atoms with Crippen molar-refractivity contribution in [2.45, 2.75) is 39.2 Å². The van der Waals surface area contributed by atoms with Gasteiger partial charge in [-0.15, -0.1) is 21.5 Å². The summed E-state index contributed by atoms with van der Waals surface area (Å²) in [5, 5.41) is 11.6. The molecule has 5 heteroatoms. The molecule has 0 spiro atoms. The third-order valence-electron chi connectivity index (χ3n) is 3.21. The van der Waals surface area contributed by atoms with Crippen molar-refractivity contribution in [3.8, 4) is 5.00 Å². The van der Waals surface area contributed by atoms with Crippen LogP contribution in [0.5, 0.6) is 0 Å². The minimum atomic E-state index is 0.768. The Kier molecular flexibility index (Phi) is 3.23. The lowest BCUT2D eigenvalue weighted by Crippen LogP contribution is -2.08. The molecule has 94 valence electrons. The van der Waals surface area contributed by atoms with Crippen molar-refractivity contribution in [3.05, 3.63) is 29.2 Å². The Bertz CT molecular complexity index is 567. The van der Waals surface area contributed by atoms with Gasteiger partial charge in [0, 0.05) is 5.56 Å². The molecular weight excluding hydrogens is 244 g/mol. The predicted octanol–water partition coefficient (Wildman–Crippen LogP) is 3.21. The van der Waals surface area contributed by atoms with Gasteiger partial charge in [0.1, 0.15) is 11.3 Å². The molecule has 0 bridgehead atoms. The van der Waals surface area contributed by atoms with Gasteiger partial charge in [-0.05, 0) is 24.3 Å². The van der Waals surface area contributed by atoms with Crippen LogP contribution in [0.4, 0.5) is 0 Å². The Morgan fingerprint density at radius 1 is 1.39 bits per heavy atom. The number of aliphatic imine (C=N–C) groups is 1. The van der Waals surface area contributed by atoms with Gasteiger partial charge in [-0.3, -0.25) is 9.56 Å². The van der Waals surface area contributed by atoms with Gasteiger partial charge in [-0.2, -0.15) is 0 Å². The summed E-state index contributed by atoms with van der Waals surface area (Å²) in [7, 11) is 0. The van der Waals surface area contributed by atoms with E-state index in [-0.39, 0.29) is 0 Å². The molecule has 3 heterocycles. The van der Waals surface area contributed by atoms with E-state index in [4.69, 9.17) is 4.99 Å². The number of hydrogen-bond acceptors (Lipinski definition) is 4. The smallest absolute Gasteiger partial charge is 0.182 e. The SMILES string of the molecule is CCCCCC1=NCc2ccsc2-n2cnnc21. The first-order chi connectivity index (χ1) is 8.90. The molecule has 0 N–H and O–H groups in total. The molecule has 1 aliphatic rings. The number of nitrogens with zero attached hydrogens (tertiary/aromatic N) is 4. The van der Waals surface area contributed by atoms with Crippen LogP contribution in [-0.2, 0) is 6.54 Å². The highest BCUT2D eigenvalue weighted by Gasteiger charge is 2.19. The molecule has 0 saturated carbocycles. The van der Waals surface area contributed by atoms with Crippen LogP contribution < -0.4 is 0 Å². The lowest BCUT2D eigenvalue weighted by atomic mass is 10.1. The maximum absolute atomic E-state index is 4.72. The minimum Gasteiger partial charge on any atom is -0.281 e. The summed E-state index contributed by atoms with van der Waals surface area (Å²) in [6.45, 7) is 2.98. The molecule has 0 saturated heterocycles. The molecule has 0 unspecified atom stereocenters. The molecule has 1 aliphatic heterocycles. The number of rotatable bonds is 4. The lowest BCUT2D eigenvalue weighted by molar-refractivity contribution is 0.738. The number of aromatic nitrogens is 3. The van der Waals surface area contributed by atoms with Gasteiger partial charge in [0.25, 0.3) is 0 Å². The molecule has 0 radical (unpaired) electrons. The van der Waals surface area contributed by atoms with E-state index in [0.717, 1.165) is 24.5 Å². The van der Waals surface area contributed by atoms with Crippen LogP contribution in [0.2, 0.25) is 0 Å². The van der Waals surface area contributed by atoms with E-state index < -0.39 is 0 Å². The summed E-state index contributed by atoms with van der Waals surface area (Å²) < 4.78 is 2.08. The molecule has 0 amide bonds. The van der Waals surface area contributed by atoms with Crippen LogP contribution in [0.15, 0.2) is 22.8 Å². The molecule has 0 atom stereocenters. The van der Waals surface area contributed by atoms with Crippen LogP contribution in [0.3, 0.4) is 0 Å². The standard InChI is InChI=1S/C13H16N4S/c1-2-3-4-5-11-12-16-15-9-17(12)13-10(8-14-11)6-7-18-13/h6-7,9H,2-5,8H2,1H3. The van der Waals surface area contributed by atoms with Gasteiger partial charge < -0.3 is 0 Å². The van der Waals surface area contributed by atoms with Crippen molar-refractivity contribution in [2.75, 3.05) is 0 Å². The summed E-state index contributed by atoms with van der Waals surface area (Å²) >= 11 is 1.73. The van der Waals surface area contributed by atoms with Gasteiger partial charge in [0.2, 0.25) is 0 Å². The quantitative estimate of drug-likeness (QED) is 0.792. The molecule has 2 aromatic rings. The van der Waals surface area contributed by atoms with E-state index in [2.05, 4.69) is 33.1 Å². The molecule has 0 fully saturated rings. The van der Waals surface area contributed by atoms with Gasteiger partial charge in [0.15, 0.2) is 5.82 Å². The topological polar surface area (TPSA) is 43.1 Å². The number of hydrogen-bond donors (Lipinski definition) is 0. The Labute approximate surface area is 110 Å². The van der Waals surface area contributed by atoms with Gasteiger partial charge in [-0.25, -0.2) is 0 Å². The average molecular weight is 260 g/mol. The number of thiophene rings is 1. The molecule has 3 rings (SSSR count). The predicted molar refractivity (Wildman–Crippen MR) is 73.6 cm³/mol. The Balaban J connectivity index is 1.93. The first-order valence-corrected chi connectivity index (χ1v) is 7.28. The van der Waals surface area contributed by atoms with E-state index in [1.165, 1.54) is 29.8 Å². The van der Waals surface area contributed by atoms with Crippen molar-refractivity contribution in [1.29, 1.82) is 0 Å². The van der Waals surface area contributed by atoms with Crippen LogP contribution in [0.1, 0.15) is 44.0 Å². The zero-order valence-electron chi connectivity index (χ0n) is 10.5. The summed E-state index contributed by atoms with van der Waals surface area (Å²) in [6, 6.07) is 2.14. The first kappa shape index (κ1) is 11.6. The van der Waals surface area contributed by atoms with E-state index >= 15 is 0 Å². The van der Waals surface area contributed by atoms with Crippen molar-refractivity contribution < 1.29 is 0 Å². The fourth-order valence-corrected chi connectivity index (χ4v) is 3.12. The van der Waals surface area contributed by atoms with Crippen molar-refractivity contribution in [3.63, 3.8) is 0 Å². The van der Waals surface area contributed by atoms with Crippen molar-refractivity contribution >= 4 is 17.0 Å². The maximum Gasteiger partial charge on any atom is 0.182 e. The van der Waals surface area contributed by atoms with Crippen molar-refractivity contribution in [1.82, 2.24) is 14.8 Å². The fourth-order valence-electron chi connectivity index (χ4n) is 2.22. The van der Waals surface area contributed by atoms with Gasteiger partial charge in [-0.1, -0.05) is 19.8 Å². The molecule has 18 heavy (non-hydrogen) atoms. The van der Waals surface area contributed by atoms with Crippen LogP contribution in [0, 0.1) is 0 Å². The van der Waals surface area contributed by atoms with Crippen LogP contribution in [-0.4, -0.2) is 20.5 Å². The van der Waals surface area contributed by atoms with E-state index in [0.29, 0.717) is 0 Å². The fraction of sp³-hybridized carbons (Fsp3) is 0.462. The Morgan fingerprint density at radius 3 is 3.22 bits per heavy atom. The molecule has 0 aliphatic carbocycles. The highest BCUT2D eigenvalue weighted by atomic mass is 32.1. The largest absolute Gasteiger partial charge is 0.281 e. The van der Waals surface area contributed by atoms with Crippen LogP contribution >= 0.6 is 11.3 Å². The van der Waals surface area contributed by atoms with E-state index in [9.17, 15) is 0 Å². The molecule has 2 aromatic heterocycles. The minimum absolute atomic E-state index is 0.768. The highest BCUT2D eigenvalue weighted by molar-refractivity contribution is 7.12. The van der Waals surface area contributed by atoms with E-state index in [1.807, 2.05) is 0 Å².